The van der Waals surface area contributed by atoms with Gasteiger partial charge in [-0.15, -0.1) is 0 Å². The fourth-order valence-corrected chi connectivity index (χ4v) is 2.85. The highest BCUT2D eigenvalue weighted by atomic mass is 35.5. The van der Waals surface area contributed by atoms with E-state index < -0.39 is 0 Å². The summed E-state index contributed by atoms with van der Waals surface area (Å²) < 4.78 is 0. The molecule has 0 amide bonds. The Morgan fingerprint density at radius 2 is 2.21 bits per heavy atom. The van der Waals surface area contributed by atoms with E-state index in [1.54, 1.807) is 30.4 Å². The highest BCUT2D eigenvalue weighted by Gasteiger charge is 2.08. The van der Waals surface area contributed by atoms with Crippen LogP contribution in [0.3, 0.4) is 0 Å². The summed E-state index contributed by atoms with van der Waals surface area (Å²) in [7, 11) is 0. The average Bonchev–Trinajstić information content (AvgIpc) is 2.43. The predicted molar refractivity (Wildman–Crippen MR) is 79.6 cm³/mol. The molecule has 1 heterocycles. The van der Waals surface area contributed by atoms with Gasteiger partial charge in [0.25, 0.3) is 0 Å². The molecule has 0 fully saturated rings. The number of benzene rings is 1. The standard InChI is InChI=1S/C14H16ClN3S/c1-2-6-16-9-11-12(15)4-3-5-13(11)19-14-10-17-7-8-18-14/h3-5,7-8,10,16H,2,6,9H2,1H3. The Morgan fingerprint density at radius 3 is 2.95 bits per heavy atom. The number of hydrogen-bond acceptors (Lipinski definition) is 4. The lowest BCUT2D eigenvalue weighted by Gasteiger charge is -2.11. The minimum absolute atomic E-state index is 0.774. The lowest BCUT2D eigenvalue weighted by atomic mass is 10.2. The van der Waals surface area contributed by atoms with E-state index in [1.165, 1.54) is 0 Å². The van der Waals surface area contributed by atoms with Crippen LogP contribution in [0.15, 0.2) is 46.7 Å². The van der Waals surface area contributed by atoms with Gasteiger partial charge >= 0.3 is 0 Å². The molecule has 0 unspecified atom stereocenters. The summed E-state index contributed by atoms with van der Waals surface area (Å²) in [5.74, 6) is 0. The van der Waals surface area contributed by atoms with E-state index in [1.807, 2.05) is 12.1 Å². The Kier molecular flexibility index (Phi) is 5.63. The van der Waals surface area contributed by atoms with Crippen molar-refractivity contribution in [1.29, 1.82) is 0 Å². The zero-order chi connectivity index (χ0) is 13.5. The first kappa shape index (κ1) is 14.3. The van der Waals surface area contributed by atoms with Crippen LogP contribution in [0.2, 0.25) is 5.02 Å². The maximum Gasteiger partial charge on any atom is 0.119 e. The summed E-state index contributed by atoms with van der Waals surface area (Å²) in [6.07, 6.45) is 6.24. The molecule has 5 heteroatoms. The normalized spacial score (nSPS) is 10.6. The summed E-state index contributed by atoms with van der Waals surface area (Å²) in [4.78, 5) is 9.48. The summed E-state index contributed by atoms with van der Waals surface area (Å²) in [5.41, 5.74) is 1.12. The third-order valence-corrected chi connectivity index (χ3v) is 3.93. The molecule has 0 aliphatic carbocycles. The highest BCUT2D eigenvalue weighted by Crippen LogP contribution is 2.32. The van der Waals surface area contributed by atoms with Gasteiger partial charge in [-0.3, -0.25) is 4.98 Å². The van der Waals surface area contributed by atoms with Crippen molar-refractivity contribution in [2.24, 2.45) is 0 Å². The molecule has 3 nitrogen and oxygen atoms in total. The van der Waals surface area contributed by atoms with Gasteiger partial charge < -0.3 is 5.32 Å². The van der Waals surface area contributed by atoms with E-state index in [0.717, 1.165) is 40.0 Å². The van der Waals surface area contributed by atoms with Gasteiger partial charge in [-0.2, -0.15) is 0 Å². The highest BCUT2D eigenvalue weighted by molar-refractivity contribution is 7.99. The molecule has 0 bridgehead atoms. The Morgan fingerprint density at radius 1 is 1.32 bits per heavy atom. The molecule has 2 rings (SSSR count). The van der Waals surface area contributed by atoms with E-state index in [9.17, 15) is 0 Å². The Hall–Kier alpha value is -1.10. The first-order valence-electron chi connectivity index (χ1n) is 6.23. The minimum Gasteiger partial charge on any atom is -0.313 e. The number of hydrogen-bond donors (Lipinski definition) is 1. The predicted octanol–water partition coefficient (Wildman–Crippen LogP) is 3.78. The van der Waals surface area contributed by atoms with Crippen LogP contribution in [0.5, 0.6) is 0 Å². The fraction of sp³-hybridized carbons (Fsp3) is 0.286. The SMILES string of the molecule is CCCNCc1c(Cl)cccc1Sc1cnccn1. The number of nitrogens with one attached hydrogen (secondary N) is 1. The molecule has 2 aromatic rings. The van der Waals surface area contributed by atoms with Crippen molar-refractivity contribution in [2.45, 2.75) is 29.8 Å². The number of aromatic nitrogens is 2. The van der Waals surface area contributed by atoms with Crippen LogP contribution in [0.25, 0.3) is 0 Å². The van der Waals surface area contributed by atoms with Gasteiger partial charge in [0.15, 0.2) is 0 Å². The third-order valence-electron chi connectivity index (χ3n) is 2.56. The molecule has 0 atom stereocenters. The van der Waals surface area contributed by atoms with Gasteiger partial charge in [-0.1, -0.05) is 36.4 Å². The Bertz CT molecular complexity index is 519. The monoisotopic (exact) mass is 293 g/mol. The molecule has 0 saturated heterocycles. The van der Waals surface area contributed by atoms with Crippen molar-refractivity contribution < 1.29 is 0 Å². The van der Waals surface area contributed by atoms with Crippen molar-refractivity contribution in [3.05, 3.63) is 47.4 Å². The van der Waals surface area contributed by atoms with E-state index >= 15 is 0 Å². The topological polar surface area (TPSA) is 37.8 Å². The van der Waals surface area contributed by atoms with Crippen molar-refractivity contribution in [3.8, 4) is 0 Å². The van der Waals surface area contributed by atoms with E-state index in [4.69, 9.17) is 11.6 Å². The van der Waals surface area contributed by atoms with Gasteiger partial charge in [0.05, 0.1) is 6.20 Å². The quantitative estimate of drug-likeness (QED) is 0.823. The molecule has 0 aliphatic heterocycles. The van der Waals surface area contributed by atoms with Crippen molar-refractivity contribution in [3.63, 3.8) is 0 Å². The van der Waals surface area contributed by atoms with Crippen molar-refractivity contribution >= 4 is 23.4 Å². The molecule has 1 N–H and O–H groups in total. The molecule has 0 radical (unpaired) electrons. The second kappa shape index (κ2) is 7.48. The van der Waals surface area contributed by atoms with Crippen LogP contribution >= 0.6 is 23.4 Å². The van der Waals surface area contributed by atoms with E-state index in [0.29, 0.717) is 0 Å². The molecule has 0 saturated carbocycles. The van der Waals surface area contributed by atoms with Crippen LogP contribution < -0.4 is 5.32 Å². The number of halogens is 1. The van der Waals surface area contributed by atoms with Crippen molar-refractivity contribution in [1.82, 2.24) is 15.3 Å². The van der Waals surface area contributed by atoms with Crippen LogP contribution in [0.4, 0.5) is 0 Å². The van der Waals surface area contributed by atoms with Gasteiger partial charge in [0, 0.05) is 28.9 Å². The van der Waals surface area contributed by atoms with Crippen LogP contribution in [0, 0.1) is 0 Å². The van der Waals surface area contributed by atoms with Gasteiger partial charge in [0.1, 0.15) is 5.03 Å². The summed E-state index contributed by atoms with van der Waals surface area (Å²) in [5, 5.41) is 5.05. The molecule has 19 heavy (non-hydrogen) atoms. The largest absolute Gasteiger partial charge is 0.313 e. The molecular weight excluding hydrogens is 278 g/mol. The minimum atomic E-state index is 0.774. The Balaban J connectivity index is 2.17. The molecule has 1 aromatic heterocycles. The second-order valence-corrected chi connectivity index (χ2v) is 5.51. The first-order valence-corrected chi connectivity index (χ1v) is 7.42. The van der Waals surface area contributed by atoms with Crippen LogP contribution in [0.1, 0.15) is 18.9 Å². The number of rotatable bonds is 6. The zero-order valence-electron chi connectivity index (χ0n) is 10.8. The van der Waals surface area contributed by atoms with Crippen LogP contribution in [-0.4, -0.2) is 16.5 Å². The molecule has 0 aliphatic rings. The lowest BCUT2D eigenvalue weighted by molar-refractivity contribution is 0.669. The zero-order valence-corrected chi connectivity index (χ0v) is 12.3. The second-order valence-electron chi connectivity index (χ2n) is 4.04. The first-order chi connectivity index (χ1) is 9.31. The number of nitrogens with zero attached hydrogens (tertiary/aromatic N) is 2. The van der Waals surface area contributed by atoms with E-state index in [2.05, 4.69) is 28.3 Å². The maximum atomic E-state index is 6.29. The third kappa shape index (κ3) is 4.20. The smallest absolute Gasteiger partial charge is 0.119 e. The lowest BCUT2D eigenvalue weighted by Crippen LogP contribution is -2.14. The van der Waals surface area contributed by atoms with Gasteiger partial charge in [-0.25, -0.2) is 4.98 Å². The average molecular weight is 294 g/mol. The summed E-state index contributed by atoms with van der Waals surface area (Å²) in [6, 6.07) is 5.95. The van der Waals surface area contributed by atoms with Gasteiger partial charge in [0.2, 0.25) is 0 Å². The molecule has 1 aromatic carbocycles. The molecular formula is C14H16ClN3S. The Labute approximate surface area is 122 Å². The van der Waals surface area contributed by atoms with Crippen molar-refractivity contribution in [2.75, 3.05) is 6.54 Å². The fourth-order valence-electron chi connectivity index (χ4n) is 1.65. The molecule has 0 spiro atoms. The van der Waals surface area contributed by atoms with E-state index in [-0.39, 0.29) is 0 Å². The summed E-state index contributed by atoms with van der Waals surface area (Å²) >= 11 is 7.87. The van der Waals surface area contributed by atoms with Gasteiger partial charge in [-0.05, 0) is 30.7 Å². The summed E-state index contributed by atoms with van der Waals surface area (Å²) in [6.45, 7) is 3.91. The maximum absolute atomic E-state index is 6.29. The van der Waals surface area contributed by atoms with Crippen LogP contribution in [-0.2, 0) is 6.54 Å². The molecule has 100 valence electrons.